The molecule has 2 rings (SSSR count). The predicted octanol–water partition coefficient (Wildman–Crippen LogP) is 2.53. The normalized spacial score (nSPS) is 22.0. The van der Waals surface area contributed by atoms with Crippen LogP contribution < -0.4 is 0 Å². The summed E-state index contributed by atoms with van der Waals surface area (Å²) < 4.78 is 5.11. The molecule has 4 nitrogen and oxygen atoms in total. The molecule has 0 aliphatic carbocycles. The largest absolute Gasteiger partial charge is 0.465 e. The third-order valence-corrected chi connectivity index (χ3v) is 4.23. The van der Waals surface area contributed by atoms with Crippen molar-refractivity contribution < 1.29 is 14.6 Å². The van der Waals surface area contributed by atoms with Gasteiger partial charge in [-0.1, -0.05) is 30.3 Å². The van der Waals surface area contributed by atoms with Gasteiger partial charge in [0.1, 0.15) is 6.04 Å². The van der Waals surface area contributed by atoms with Crippen LogP contribution in [0.2, 0.25) is 0 Å². The van der Waals surface area contributed by atoms with Crippen molar-refractivity contribution in [3.05, 3.63) is 35.9 Å². The number of esters is 1. The van der Waals surface area contributed by atoms with Crippen molar-refractivity contribution in [2.45, 2.75) is 51.3 Å². The maximum Gasteiger partial charge on any atom is 0.323 e. The van der Waals surface area contributed by atoms with Gasteiger partial charge in [0.05, 0.1) is 12.7 Å². The van der Waals surface area contributed by atoms with Crippen LogP contribution in [0.4, 0.5) is 0 Å². The van der Waals surface area contributed by atoms with E-state index in [9.17, 15) is 9.90 Å². The van der Waals surface area contributed by atoms with Gasteiger partial charge in [0.15, 0.2) is 0 Å². The Labute approximate surface area is 126 Å². The van der Waals surface area contributed by atoms with Crippen LogP contribution in [-0.4, -0.2) is 41.2 Å². The van der Waals surface area contributed by atoms with E-state index >= 15 is 0 Å². The first-order valence-electron chi connectivity index (χ1n) is 7.78. The maximum atomic E-state index is 11.9. The fourth-order valence-corrected chi connectivity index (χ4v) is 3.09. The molecule has 1 aromatic carbocycles. The average Bonchev–Trinajstić information content (AvgIpc) is 2.95. The smallest absolute Gasteiger partial charge is 0.323 e. The van der Waals surface area contributed by atoms with Crippen molar-refractivity contribution in [3.63, 3.8) is 0 Å². The van der Waals surface area contributed by atoms with Crippen molar-refractivity contribution in [2.75, 3.05) is 13.2 Å². The lowest BCUT2D eigenvalue weighted by atomic mass is 10.00. The monoisotopic (exact) mass is 291 g/mol. The first-order valence-corrected chi connectivity index (χ1v) is 7.78. The summed E-state index contributed by atoms with van der Waals surface area (Å²) in [4.78, 5) is 14.1. The van der Waals surface area contributed by atoms with Gasteiger partial charge in [-0.3, -0.25) is 9.69 Å². The van der Waals surface area contributed by atoms with Crippen LogP contribution in [0.1, 0.15) is 44.8 Å². The topological polar surface area (TPSA) is 49.8 Å². The highest BCUT2D eigenvalue weighted by Crippen LogP contribution is 2.29. The molecule has 3 unspecified atom stereocenters. The molecule has 21 heavy (non-hydrogen) atoms. The van der Waals surface area contributed by atoms with Crippen molar-refractivity contribution >= 4 is 5.97 Å². The van der Waals surface area contributed by atoms with Crippen LogP contribution in [0.5, 0.6) is 0 Å². The summed E-state index contributed by atoms with van der Waals surface area (Å²) in [6.45, 7) is 5.02. The molecule has 116 valence electrons. The fraction of sp³-hybridized carbons (Fsp3) is 0.588. The number of carbonyl (C=O) groups excluding carboxylic acids is 1. The van der Waals surface area contributed by atoms with E-state index in [1.807, 2.05) is 44.2 Å². The number of benzene rings is 1. The Morgan fingerprint density at radius 3 is 2.81 bits per heavy atom. The summed E-state index contributed by atoms with van der Waals surface area (Å²) >= 11 is 0. The molecule has 1 heterocycles. The van der Waals surface area contributed by atoms with Crippen LogP contribution in [0.3, 0.4) is 0 Å². The summed E-state index contributed by atoms with van der Waals surface area (Å²) in [5.74, 6) is -0.168. The number of rotatable bonds is 6. The third-order valence-electron chi connectivity index (χ3n) is 4.23. The Kier molecular flexibility index (Phi) is 5.76. The van der Waals surface area contributed by atoms with Crippen molar-refractivity contribution in [1.82, 2.24) is 4.90 Å². The summed E-state index contributed by atoms with van der Waals surface area (Å²) in [7, 11) is 0. The lowest BCUT2D eigenvalue weighted by Gasteiger charge is -2.30. The molecule has 0 bridgehead atoms. The van der Waals surface area contributed by atoms with Crippen molar-refractivity contribution in [3.8, 4) is 0 Å². The molecule has 0 spiro atoms. The molecule has 1 aliphatic heterocycles. The number of aliphatic hydroxyl groups is 1. The van der Waals surface area contributed by atoms with Crippen LogP contribution in [-0.2, 0) is 9.53 Å². The Bertz CT molecular complexity index is 449. The molecule has 0 aromatic heterocycles. The summed E-state index contributed by atoms with van der Waals surface area (Å²) in [5, 5.41) is 10.4. The van der Waals surface area contributed by atoms with Crippen molar-refractivity contribution in [1.29, 1.82) is 0 Å². The van der Waals surface area contributed by atoms with Gasteiger partial charge in [-0.15, -0.1) is 0 Å². The molecule has 0 radical (unpaired) electrons. The highest BCUT2D eigenvalue weighted by Gasteiger charge is 2.33. The predicted molar refractivity (Wildman–Crippen MR) is 81.8 cm³/mol. The minimum absolute atomic E-state index is 0.168. The van der Waals surface area contributed by atoms with Gasteiger partial charge in [-0.2, -0.15) is 0 Å². The maximum absolute atomic E-state index is 11.9. The van der Waals surface area contributed by atoms with E-state index in [1.165, 1.54) is 0 Å². The Morgan fingerprint density at radius 1 is 1.43 bits per heavy atom. The molecule has 0 saturated carbocycles. The minimum atomic E-state index is -0.480. The van der Waals surface area contributed by atoms with Gasteiger partial charge in [-0.25, -0.2) is 0 Å². The van der Waals surface area contributed by atoms with Gasteiger partial charge >= 0.3 is 5.97 Å². The number of likely N-dealkylation sites (tertiary alicyclic amines) is 1. The highest BCUT2D eigenvalue weighted by atomic mass is 16.5. The van der Waals surface area contributed by atoms with E-state index in [0.717, 1.165) is 24.9 Å². The second kappa shape index (κ2) is 7.57. The molecule has 0 amide bonds. The molecule has 4 heteroatoms. The SMILES string of the molecule is CCOC(=O)C(C)N1CCCC1CC(O)c1ccccc1. The van der Waals surface area contributed by atoms with Crippen LogP contribution >= 0.6 is 0 Å². The number of aliphatic hydroxyl groups excluding tert-OH is 1. The fourth-order valence-electron chi connectivity index (χ4n) is 3.09. The van der Waals surface area contributed by atoms with Gasteiger partial charge in [0.25, 0.3) is 0 Å². The molecule has 1 fully saturated rings. The zero-order chi connectivity index (χ0) is 15.2. The molecule has 3 atom stereocenters. The standard InChI is InChI=1S/C17H25NO3/c1-3-21-17(20)13(2)18-11-7-10-15(18)12-16(19)14-8-5-4-6-9-14/h4-6,8-9,13,15-16,19H,3,7,10-12H2,1-2H3. The number of nitrogens with zero attached hydrogens (tertiary/aromatic N) is 1. The van der Waals surface area contributed by atoms with Gasteiger partial charge in [0, 0.05) is 6.04 Å². The lowest BCUT2D eigenvalue weighted by Crippen LogP contribution is -2.43. The number of ether oxygens (including phenoxy) is 1. The van der Waals surface area contributed by atoms with E-state index in [0.29, 0.717) is 13.0 Å². The van der Waals surface area contributed by atoms with E-state index in [2.05, 4.69) is 4.90 Å². The zero-order valence-electron chi connectivity index (χ0n) is 12.9. The van der Waals surface area contributed by atoms with E-state index in [1.54, 1.807) is 0 Å². The van der Waals surface area contributed by atoms with Gasteiger partial charge in [-0.05, 0) is 45.2 Å². The molecular formula is C17H25NO3. The van der Waals surface area contributed by atoms with Crippen LogP contribution in [0.15, 0.2) is 30.3 Å². The highest BCUT2D eigenvalue weighted by molar-refractivity contribution is 5.75. The second-order valence-electron chi connectivity index (χ2n) is 5.62. The van der Waals surface area contributed by atoms with E-state index < -0.39 is 6.10 Å². The second-order valence-corrected chi connectivity index (χ2v) is 5.62. The molecule has 1 aliphatic rings. The molecule has 1 N–H and O–H groups in total. The third kappa shape index (κ3) is 4.05. The summed E-state index contributed by atoms with van der Waals surface area (Å²) in [6, 6.07) is 9.71. The molecule has 1 saturated heterocycles. The molecule has 1 aromatic rings. The minimum Gasteiger partial charge on any atom is -0.465 e. The zero-order valence-corrected chi connectivity index (χ0v) is 12.9. The summed E-state index contributed by atoms with van der Waals surface area (Å²) in [5.41, 5.74) is 0.938. The quantitative estimate of drug-likeness (QED) is 0.818. The average molecular weight is 291 g/mol. The van der Waals surface area contributed by atoms with E-state index in [-0.39, 0.29) is 18.1 Å². The summed E-state index contributed by atoms with van der Waals surface area (Å²) in [6.07, 6.45) is 2.27. The van der Waals surface area contributed by atoms with Crippen LogP contribution in [0, 0.1) is 0 Å². The van der Waals surface area contributed by atoms with E-state index in [4.69, 9.17) is 4.74 Å². The van der Waals surface area contributed by atoms with Crippen LogP contribution in [0.25, 0.3) is 0 Å². The number of hydrogen-bond acceptors (Lipinski definition) is 4. The Balaban J connectivity index is 1.97. The number of carbonyl (C=O) groups is 1. The lowest BCUT2D eigenvalue weighted by molar-refractivity contribution is -0.149. The Hall–Kier alpha value is -1.39. The van der Waals surface area contributed by atoms with Gasteiger partial charge in [0.2, 0.25) is 0 Å². The Morgan fingerprint density at radius 2 is 2.14 bits per heavy atom. The first-order chi connectivity index (χ1) is 10.1. The number of hydrogen-bond donors (Lipinski definition) is 1. The first kappa shape index (κ1) is 16.0. The van der Waals surface area contributed by atoms with Gasteiger partial charge < -0.3 is 9.84 Å². The van der Waals surface area contributed by atoms with Crippen molar-refractivity contribution in [2.24, 2.45) is 0 Å². The molecular weight excluding hydrogens is 266 g/mol.